The Bertz CT molecular complexity index is 501. The van der Waals surface area contributed by atoms with Gasteiger partial charge in [-0.3, -0.25) is 4.90 Å². The lowest BCUT2D eigenvalue weighted by Gasteiger charge is -2.26. The molecule has 0 saturated heterocycles. The molecule has 5 nitrogen and oxygen atoms in total. The van der Waals surface area contributed by atoms with Crippen molar-refractivity contribution in [1.82, 2.24) is 15.5 Å². The van der Waals surface area contributed by atoms with Crippen LogP contribution in [0.3, 0.4) is 0 Å². The van der Waals surface area contributed by atoms with Crippen molar-refractivity contribution in [3.8, 4) is 0 Å². The van der Waals surface area contributed by atoms with Crippen LogP contribution in [-0.4, -0.2) is 47.8 Å². The first-order valence-corrected chi connectivity index (χ1v) is 8.18. The van der Waals surface area contributed by atoms with Gasteiger partial charge in [0.1, 0.15) is 5.82 Å². The number of halogens is 1. The van der Waals surface area contributed by atoms with Crippen LogP contribution in [0.5, 0.6) is 0 Å². The monoisotopic (exact) mass is 323 g/mol. The Morgan fingerprint density at radius 3 is 2.52 bits per heavy atom. The number of aliphatic hydroxyl groups excluding tert-OH is 1. The largest absolute Gasteiger partial charge is 0.387 e. The van der Waals surface area contributed by atoms with E-state index in [0.29, 0.717) is 24.2 Å². The van der Waals surface area contributed by atoms with Crippen molar-refractivity contribution in [2.45, 2.75) is 44.9 Å². The maximum absolute atomic E-state index is 12.8. The predicted octanol–water partition coefficient (Wildman–Crippen LogP) is 2.03. The van der Waals surface area contributed by atoms with Gasteiger partial charge < -0.3 is 15.7 Å². The average Bonchev–Trinajstić information content (AvgIpc) is 3.34. The lowest BCUT2D eigenvalue weighted by atomic mass is 10.1. The van der Waals surface area contributed by atoms with Crippen molar-refractivity contribution in [2.24, 2.45) is 0 Å². The average molecular weight is 323 g/mol. The first-order chi connectivity index (χ1) is 11.0. The van der Waals surface area contributed by atoms with E-state index >= 15 is 0 Å². The zero-order chi connectivity index (χ0) is 16.8. The Kier molecular flexibility index (Phi) is 6.36. The standard InChI is InChI=1S/C17H26FN3O2/c1-12(2)21(15-7-8-15)10-9-19-17(23)20-11-16(22)13-3-5-14(18)6-4-13/h3-6,12,15-16,22H,7-11H2,1-2H3,(H2,19,20,23). The normalized spacial score (nSPS) is 15.7. The molecule has 2 rings (SSSR count). The molecule has 1 unspecified atom stereocenters. The van der Waals surface area contributed by atoms with Gasteiger partial charge in [0.05, 0.1) is 6.10 Å². The van der Waals surface area contributed by atoms with Gasteiger partial charge >= 0.3 is 6.03 Å². The lowest BCUT2D eigenvalue weighted by Crippen LogP contribution is -2.43. The highest BCUT2D eigenvalue weighted by Crippen LogP contribution is 2.27. The van der Waals surface area contributed by atoms with Crippen molar-refractivity contribution in [3.05, 3.63) is 35.6 Å². The van der Waals surface area contributed by atoms with Crippen molar-refractivity contribution >= 4 is 6.03 Å². The molecule has 0 heterocycles. The molecule has 1 aliphatic rings. The van der Waals surface area contributed by atoms with E-state index in [4.69, 9.17) is 0 Å². The Morgan fingerprint density at radius 2 is 1.96 bits per heavy atom. The zero-order valence-electron chi connectivity index (χ0n) is 13.8. The van der Waals surface area contributed by atoms with Crippen molar-refractivity contribution in [2.75, 3.05) is 19.6 Å². The lowest BCUT2D eigenvalue weighted by molar-refractivity contribution is 0.172. The van der Waals surface area contributed by atoms with Crippen LogP contribution in [-0.2, 0) is 0 Å². The third kappa shape index (κ3) is 5.80. The number of hydrogen-bond donors (Lipinski definition) is 3. The maximum atomic E-state index is 12.8. The van der Waals surface area contributed by atoms with Crippen LogP contribution in [0.2, 0.25) is 0 Å². The summed E-state index contributed by atoms with van der Waals surface area (Å²) in [6, 6.07) is 6.44. The third-order valence-electron chi connectivity index (χ3n) is 4.05. The minimum atomic E-state index is -0.847. The topological polar surface area (TPSA) is 64.6 Å². The summed E-state index contributed by atoms with van der Waals surface area (Å²) in [5, 5.41) is 15.4. The Labute approximate surface area is 136 Å². The van der Waals surface area contributed by atoms with Crippen LogP contribution in [0, 0.1) is 5.82 Å². The molecule has 128 valence electrons. The van der Waals surface area contributed by atoms with E-state index in [0.717, 1.165) is 6.54 Å². The highest BCUT2D eigenvalue weighted by molar-refractivity contribution is 5.73. The predicted molar refractivity (Wildman–Crippen MR) is 87.6 cm³/mol. The molecular weight excluding hydrogens is 297 g/mol. The fourth-order valence-electron chi connectivity index (χ4n) is 2.62. The van der Waals surface area contributed by atoms with E-state index in [1.165, 1.54) is 37.1 Å². The molecule has 0 aromatic heterocycles. The molecule has 1 aliphatic carbocycles. The van der Waals surface area contributed by atoms with Crippen LogP contribution < -0.4 is 10.6 Å². The number of nitrogens with zero attached hydrogens (tertiary/aromatic N) is 1. The molecule has 0 bridgehead atoms. The van der Waals surface area contributed by atoms with E-state index in [2.05, 4.69) is 29.4 Å². The second kappa shape index (κ2) is 8.26. The highest BCUT2D eigenvalue weighted by atomic mass is 19.1. The van der Waals surface area contributed by atoms with Gasteiger partial charge in [-0.15, -0.1) is 0 Å². The summed E-state index contributed by atoms with van der Waals surface area (Å²) in [6.07, 6.45) is 1.64. The highest BCUT2D eigenvalue weighted by Gasteiger charge is 2.30. The second-order valence-electron chi connectivity index (χ2n) is 6.27. The minimum absolute atomic E-state index is 0.0913. The number of urea groups is 1. The molecule has 1 saturated carbocycles. The zero-order valence-corrected chi connectivity index (χ0v) is 13.8. The smallest absolute Gasteiger partial charge is 0.314 e. The van der Waals surface area contributed by atoms with E-state index < -0.39 is 6.10 Å². The minimum Gasteiger partial charge on any atom is -0.387 e. The molecule has 1 aromatic rings. The first kappa shape index (κ1) is 17.7. The second-order valence-corrected chi connectivity index (χ2v) is 6.27. The summed E-state index contributed by atoms with van der Waals surface area (Å²) in [5.74, 6) is -0.350. The molecule has 23 heavy (non-hydrogen) atoms. The van der Waals surface area contributed by atoms with Gasteiger partial charge in [-0.2, -0.15) is 0 Å². The van der Waals surface area contributed by atoms with Crippen molar-refractivity contribution in [3.63, 3.8) is 0 Å². The quantitative estimate of drug-likeness (QED) is 0.686. The fraction of sp³-hybridized carbons (Fsp3) is 0.588. The molecule has 1 aromatic carbocycles. The number of hydrogen-bond acceptors (Lipinski definition) is 3. The van der Waals surface area contributed by atoms with Crippen LogP contribution in [0.1, 0.15) is 38.4 Å². The van der Waals surface area contributed by atoms with E-state index in [1.807, 2.05) is 0 Å². The molecule has 2 amide bonds. The summed E-state index contributed by atoms with van der Waals surface area (Å²) in [5.41, 5.74) is 0.575. The Balaban J connectivity index is 1.65. The van der Waals surface area contributed by atoms with Gasteiger partial charge in [0.2, 0.25) is 0 Å². The molecule has 1 fully saturated rings. The van der Waals surface area contributed by atoms with Gasteiger partial charge in [-0.1, -0.05) is 12.1 Å². The van der Waals surface area contributed by atoms with Crippen LogP contribution in [0.25, 0.3) is 0 Å². The summed E-state index contributed by atoms with van der Waals surface area (Å²) in [4.78, 5) is 14.2. The summed E-state index contributed by atoms with van der Waals surface area (Å²) in [6.45, 7) is 5.83. The summed E-state index contributed by atoms with van der Waals surface area (Å²) >= 11 is 0. The van der Waals surface area contributed by atoms with Crippen LogP contribution in [0.4, 0.5) is 9.18 Å². The molecule has 1 atom stereocenters. The fourth-order valence-corrected chi connectivity index (χ4v) is 2.62. The van der Waals surface area contributed by atoms with E-state index in [1.54, 1.807) is 0 Å². The van der Waals surface area contributed by atoms with Crippen molar-refractivity contribution < 1.29 is 14.3 Å². The number of aliphatic hydroxyl groups is 1. The molecule has 0 radical (unpaired) electrons. The number of carbonyl (C=O) groups excluding carboxylic acids is 1. The maximum Gasteiger partial charge on any atom is 0.314 e. The van der Waals surface area contributed by atoms with Gasteiger partial charge in [-0.25, -0.2) is 9.18 Å². The Hall–Kier alpha value is -1.66. The van der Waals surface area contributed by atoms with E-state index in [-0.39, 0.29) is 18.4 Å². The van der Waals surface area contributed by atoms with Gasteiger partial charge in [0.25, 0.3) is 0 Å². The van der Waals surface area contributed by atoms with Crippen LogP contribution >= 0.6 is 0 Å². The van der Waals surface area contributed by atoms with Crippen molar-refractivity contribution in [1.29, 1.82) is 0 Å². The molecule has 0 spiro atoms. The third-order valence-corrected chi connectivity index (χ3v) is 4.05. The number of benzene rings is 1. The SMILES string of the molecule is CC(C)N(CCNC(=O)NCC(O)c1ccc(F)cc1)C1CC1. The molecule has 3 N–H and O–H groups in total. The first-order valence-electron chi connectivity index (χ1n) is 8.18. The number of amides is 2. The summed E-state index contributed by atoms with van der Waals surface area (Å²) < 4.78 is 12.8. The van der Waals surface area contributed by atoms with Crippen LogP contribution in [0.15, 0.2) is 24.3 Å². The van der Waals surface area contributed by atoms with Gasteiger partial charge in [0, 0.05) is 31.7 Å². The summed E-state index contributed by atoms with van der Waals surface area (Å²) in [7, 11) is 0. The van der Waals surface area contributed by atoms with E-state index in [9.17, 15) is 14.3 Å². The Morgan fingerprint density at radius 1 is 1.30 bits per heavy atom. The number of rotatable bonds is 8. The molecular formula is C17H26FN3O2. The number of carbonyl (C=O) groups is 1. The molecule has 6 heteroatoms. The van der Waals surface area contributed by atoms with Gasteiger partial charge in [-0.05, 0) is 44.4 Å². The molecule has 0 aliphatic heterocycles. The van der Waals surface area contributed by atoms with Gasteiger partial charge in [0.15, 0.2) is 0 Å². The number of nitrogens with one attached hydrogen (secondary N) is 2.